The van der Waals surface area contributed by atoms with E-state index in [2.05, 4.69) is 39.6 Å². The van der Waals surface area contributed by atoms with Gasteiger partial charge in [0.05, 0.1) is 0 Å². The SMILES string of the molecule is NC(C=C[CH]=[V])=CI. The zero-order valence-corrected chi connectivity index (χ0v) is 7.77. The molecule has 0 aliphatic rings. The number of rotatable bonds is 2. The number of hydrogen-bond donors (Lipinski definition) is 1. The summed E-state index contributed by atoms with van der Waals surface area (Å²) in [5, 5.41) is 0. The van der Waals surface area contributed by atoms with Crippen LogP contribution in [0.25, 0.3) is 0 Å². The molecular weight excluding hydrogens is 252 g/mol. The second-order valence-electron chi connectivity index (χ2n) is 1.12. The molecule has 1 nitrogen and oxygen atoms in total. The zero-order chi connectivity index (χ0) is 6.41. The number of allylic oxidation sites excluding steroid dienone is 2. The molecule has 2 N–H and O–H groups in total. The Kier molecular flexibility index (Phi) is 5.92. The maximum absolute atomic E-state index is 5.40. The monoisotopic (exact) mass is 258 g/mol. The molecule has 0 aliphatic carbocycles. The van der Waals surface area contributed by atoms with Crippen LogP contribution in [0.3, 0.4) is 0 Å². The van der Waals surface area contributed by atoms with E-state index in [1.807, 2.05) is 21.0 Å². The van der Waals surface area contributed by atoms with Crippen LogP contribution in [-0.4, -0.2) is 4.73 Å². The fraction of sp³-hybridized carbons (Fsp3) is 0. The zero-order valence-electron chi connectivity index (χ0n) is 4.21. The summed E-state index contributed by atoms with van der Waals surface area (Å²) in [7, 11) is 0. The average molecular weight is 258 g/mol. The first-order valence-electron chi connectivity index (χ1n) is 2.01. The fourth-order valence-corrected chi connectivity index (χ4v) is 0.533. The van der Waals surface area contributed by atoms with Gasteiger partial charge >= 0.3 is 72.0 Å². The van der Waals surface area contributed by atoms with E-state index in [-0.39, 0.29) is 0 Å². The van der Waals surface area contributed by atoms with E-state index in [1.54, 1.807) is 0 Å². The summed E-state index contributed by atoms with van der Waals surface area (Å²) < 4.78 is 3.70. The normalized spacial score (nSPS) is 12.2. The van der Waals surface area contributed by atoms with E-state index in [9.17, 15) is 0 Å². The third-order valence-electron chi connectivity index (χ3n) is 0.501. The van der Waals surface area contributed by atoms with Crippen LogP contribution < -0.4 is 5.73 Å². The standard InChI is InChI=1S/C5H6IN.V/c1-2-3-5(7)4-6;/h1-4H,7H2;. The first kappa shape index (κ1) is 8.46. The van der Waals surface area contributed by atoms with Gasteiger partial charge in [-0.25, -0.2) is 0 Å². The Bertz CT molecular complexity index is 128. The summed E-state index contributed by atoms with van der Waals surface area (Å²) in [6.45, 7) is 0. The van der Waals surface area contributed by atoms with Crippen LogP contribution in [0, 0.1) is 0 Å². The van der Waals surface area contributed by atoms with Crippen molar-refractivity contribution in [1.82, 2.24) is 0 Å². The third kappa shape index (κ3) is 4.62. The molecule has 0 aliphatic heterocycles. The van der Waals surface area contributed by atoms with E-state index in [0.29, 0.717) is 0 Å². The van der Waals surface area contributed by atoms with Crippen molar-refractivity contribution in [1.29, 1.82) is 0 Å². The Morgan fingerprint density at radius 3 is 2.62 bits per heavy atom. The molecule has 3 heteroatoms. The van der Waals surface area contributed by atoms with Gasteiger partial charge in [0.1, 0.15) is 0 Å². The van der Waals surface area contributed by atoms with Crippen molar-refractivity contribution >= 4 is 27.3 Å². The van der Waals surface area contributed by atoms with Crippen molar-refractivity contribution in [2.75, 3.05) is 0 Å². The molecule has 8 heavy (non-hydrogen) atoms. The van der Waals surface area contributed by atoms with Crippen LogP contribution in [0.1, 0.15) is 0 Å². The van der Waals surface area contributed by atoms with Crippen molar-refractivity contribution in [3.05, 3.63) is 21.9 Å². The van der Waals surface area contributed by atoms with Gasteiger partial charge in [0, 0.05) is 0 Å². The molecular formula is C5H6INV. The first-order chi connectivity index (χ1) is 3.81. The van der Waals surface area contributed by atoms with E-state index in [4.69, 9.17) is 5.73 Å². The quantitative estimate of drug-likeness (QED) is 0.583. The second kappa shape index (κ2) is 5.60. The molecule has 0 spiro atoms. The van der Waals surface area contributed by atoms with Crippen LogP contribution in [0.4, 0.5) is 0 Å². The number of nitrogens with two attached hydrogens (primary N) is 1. The molecule has 0 saturated carbocycles. The molecule has 0 fully saturated rings. The minimum absolute atomic E-state index is 0.785. The molecule has 0 rings (SSSR count). The van der Waals surface area contributed by atoms with Gasteiger partial charge < -0.3 is 0 Å². The summed E-state index contributed by atoms with van der Waals surface area (Å²) in [6, 6.07) is 0. The molecule has 0 radical (unpaired) electrons. The van der Waals surface area contributed by atoms with Gasteiger partial charge in [-0.05, 0) is 0 Å². The Morgan fingerprint density at radius 2 is 2.25 bits per heavy atom. The van der Waals surface area contributed by atoms with E-state index < -0.39 is 0 Å². The van der Waals surface area contributed by atoms with Crippen LogP contribution >= 0.6 is 22.6 Å². The Hall–Kier alpha value is 0.464. The van der Waals surface area contributed by atoms with Gasteiger partial charge in [-0.3, -0.25) is 0 Å². The van der Waals surface area contributed by atoms with E-state index >= 15 is 0 Å². The predicted molar refractivity (Wildman–Crippen MR) is 41.5 cm³/mol. The molecule has 0 amide bonds. The molecule has 0 saturated heterocycles. The Morgan fingerprint density at radius 1 is 1.62 bits per heavy atom. The van der Waals surface area contributed by atoms with E-state index in [0.717, 1.165) is 5.70 Å². The summed E-state index contributed by atoms with van der Waals surface area (Å²) >= 11 is 4.44. The van der Waals surface area contributed by atoms with Crippen molar-refractivity contribution in [2.24, 2.45) is 5.73 Å². The molecule has 0 aromatic heterocycles. The van der Waals surface area contributed by atoms with Crippen LogP contribution in [-0.2, 0) is 17.0 Å². The summed E-state index contributed by atoms with van der Waals surface area (Å²) in [5.41, 5.74) is 6.18. The van der Waals surface area contributed by atoms with Crippen molar-refractivity contribution < 1.29 is 17.0 Å². The minimum atomic E-state index is 0.785. The topological polar surface area (TPSA) is 26.0 Å². The second-order valence-corrected chi connectivity index (χ2v) is 2.21. The van der Waals surface area contributed by atoms with Gasteiger partial charge in [0.25, 0.3) is 0 Å². The summed E-state index contributed by atoms with van der Waals surface area (Å²) in [6.07, 6.45) is 3.72. The summed E-state index contributed by atoms with van der Waals surface area (Å²) in [5.74, 6) is 0. The fourth-order valence-electron chi connectivity index (χ4n) is 0.191. The van der Waals surface area contributed by atoms with Gasteiger partial charge in [-0.2, -0.15) is 0 Å². The van der Waals surface area contributed by atoms with Gasteiger partial charge in [-0.1, -0.05) is 0 Å². The molecule has 0 heterocycles. The number of hydrogen-bond acceptors (Lipinski definition) is 1. The van der Waals surface area contributed by atoms with Gasteiger partial charge in [-0.15, -0.1) is 0 Å². The maximum atomic E-state index is 5.40. The molecule has 0 atom stereocenters. The predicted octanol–water partition coefficient (Wildman–Crippen LogP) is 1.13. The molecule has 0 aromatic carbocycles. The van der Waals surface area contributed by atoms with E-state index in [1.165, 1.54) is 0 Å². The average Bonchev–Trinajstić information content (AvgIpc) is 1.83. The molecule has 0 aromatic rings. The van der Waals surface area contributed by atoms with Gasteiger partial charge in [0.15, 0.2) is 0 Å². The van der Waals surface area contributed by atoms with Crippen LogP contribution in [0.2, 0.25) is 0 Å². The Labute approximate surface area is 71.7 Å². The molecule has 0 unspecified atom stereocenters. The molecule has 43 valence electrons. The third-order valence-corrected chi connectivity index (χ3v) is 1.49. The van der Waals surface area contributed by atoms with Crippen LogP contribution in [0.5, 0.6) is 0 Å². The van der Waals surface area contributed by atoms with Crippen LogP contribution in [0.15, 0.2) is 21.9 Å². The van der Waals surface area contributed by atoms with Gasteiger partial charge in [0.2, 0.25) is 0 Å². The Balaban J connectivity index is 3.69. The molecule has 0 bridgehead atoms. The van der Waals surface area contributed by atoms with Crippen molar-refractivity contribution in [2.45, 2.75) is 0 Å². The summed E-state index contributed by atoms with van der Waals surface area (Å²) in [4.78, 5) is 0. The first-order valence-corrected chi connectivity index (χ1v) is 4.06. The van der Waals surface area contributed by atoms with Crippen molar-refractivity contribution in [3.8, 4) is 0 Å². The number of halogens is 1. The van der Waals surface area contributed by atoms with Crippen molar-refractivity contribution in [3.63, 3.8) is 0 Å².